The van der Waals surface area contributed by atoms with Gasteiger partial charge >= 0.3 is 12.0 Å². The summed E-state index contributed by atoms with van der Waals surface area (Å²) in [5.41, 5.74) is 4.86. The van der Waals surface area contributed by atoms with Gasteiger partial charge in [-0.2, -0.15) is 0 Å². The van der Waals surface area contributed by atoms with Crippen LogP contribution in [-0.4, -0.2) is 40.4 Å². The van der Waals surface area contributed by atoms with Crippen molar-refractivity contribution in [3.63, 3.8) is 0 Å². The fourth-order valence-corrected chi connectivity index (χ4v) is 0.914. The van der Waals surface area contributed by atoms with Gasteiger partial charge in [-0.25, -0.2) is 9.59 Å². The van der Waals surface area contributed by atoms with E-state index in [4.69, 9.17) is 5.73 Å². The Morgan fingerprint density at radius 1 is 1.67 bits per heavy atom. The summed E-state index contributed by atoms with van der Waals surface area (Å²) in [4.78, 5) is 21.5. The highest BCUT2D eigenvalue weighted by molar-refractivity contribution is 5.85. The van der Waals surface area contributed by atoms with Crippen molar-refractivity contribution in [2.24, 2.45) is 5.73 Å². The quantitative estimate of drug-likeness (QED) is 0.592. The Morgan fingerprint density at radius 3 is 3.00 bits per heavy atom. The van der Waals surface area contributed by atoms with Crippen LogP contribution in [0.25, 0.3) is 0 Å². The highest BCUT2D eigenvalue weighted by Gasteiger charge is 2.14. The molecule has 0 unspecified atom stereocenters. The van der Waals surface area contributed by atoms with E-state index in [1.807, 2.05) is 0 Å². The zero-order chi connectivity index (χ0) is 11.3. The van der Waals surface area contributed by atoms with Crippen molar-refractivity contribution in [2.45, 2.75) is 6.54 Å². The SMILES string of the molecule is COC(=O)c1nn[c]n1CCNC(N)=O. The number of amides is 2. The van der Waals surface area contributed by atoms with Crippen molar-refractivity contribution in [3.05, 3.63) is 12.2 Å². The fourth-order valence-electron chi connectivity index (χ4n) is 0.914. The van der Waals surface area contributed by atoms with Crippen molar-refractivity contribution in [3.8, 4) is 0 Å². The molecule has 8 nitrogen and oxygen atoms in total. The van der Waals surface area contributed by atoms with Gasteiger partial charge < -0.3 is 15.8 Å². The van der Waals surface area contributed by atoms with Crippen molar-refractivity contribution in [2.75, 3.05) is 13.7 Å². The Kier molecular flexibility index (Phi) is 3.61. The molecule has 8 heteroatoms. The zero-order valence-electron chi connectivity index (χ0n) is 8.06. The molecule has 1 radical (unpaired) electrons. The smallest absolute Gasteiger partial charge is 0.376 e. The second-order valence-electron chi connectivity index (χ2n) is 2.56. The van der Waals surface area contributed by atoms with Gasteiger partial charge in [-0.3, -0.25) is 4.57 Å². The van der Waals surface area contributed by atoms with E-state index >= 15 is 0 Å². The molecular formula is C7H10N5O3. The summed E-state index contributed by atoms with van der Waals surface area (Å²) in [6.07, 6.45) is 2.46. The van der Waals surface area contributed by atoms with E-state index in [2.05, 4.69) is 26.6 Å². The number of rotatable bonds is 4. The first-order valence-corrected chi connectivity index (χ1v) is 4.07. The van der Waals surface area contributed by atoms with Crippen LogP contribution in [0.4, 0.5) is 4.79 Å². The number of carbonyl (C=O) groups is 2. The number of hydrogen-bond acceptors (Lipinski definition) is 5. The second kappa shape index (κ2) is 4.94. The lowest BCUT2D eigenvalue weighted by molar-refractivity contribution is 0.0580. The highest BCUT2D eigenvalue weighted by Crippen LogP contribution is 1.95. The van der Waals surface area contributed by atoms with Gasteiger partial charge in [-0.15, -0.1) is 10.2 Å². The first kappa shape index (κ1) is 11.0. The Morgan fingerprint density at radius 2 is 2.40 bits per heavy atom. The van der Waals surface area contributed by atoms with Crippen LogP contribution in [0, 0.1) is 6.33 Å². The van der Waals surface area contributed by atoms with Gasteiger partial charge in [0.2, 0.25) is 12.2 Å². The molecule has 0 bridgehead atoms. The number of carbonyl (C=O) groups excluding carboxylic acids is 2. The molecule has 0 aliphatic rings. The van der Waals surface area contributed by atoms with Crippen molar-refractivity contribution >= 4 is 12.0 Å². The summed E-state index contributed by atoms with van der Waals surface area (Å²) in [5, 5.41) is 9.31. The average Bonchev–Trinajstić information content (AvgIpc) is 2.64. The number of primary amides is 1. The lowest BCUT2D eigenvalue weighted by atomic mass is 10.5. The molecule has 0 saturated heterocycles. The third-order valence-electron chi connectivity index (χ3n) is 1.57. The Balaban J connectivity index is 2.57. The summed E-state index contributed by atoms with van der Waals surface area (Å²) >= 11 is 0. The Hall–Kier alpha value is -2.12. The standard InChI is InChI=1S/C7H10N5O3/c1-15-6(13)5-11-10-4-12(5)3-2-9-7(8)14/h2-3H2,1H3,(H3,8,9,14). The van der Waals surface area contributed by atoms with E-state index < -0.39 is 12.0 Å². The highest BCUT2D eigenvalue weighted by atomic mass is 16.5. The Labute approximate surface area is 85.4 Å². The normalized spacial score (nSPS) is 9.67. The van der Waals surface area contributed by atoms with E-state index in [1.165, 1.54) is 11.7 Å². The van der Waals surface area contributed by atoms with E-state index in [0.717, 1.165) is 0 Å². The number of nitrogens with one attached hydrogen (secondary N) is 1. The lowest BCUT2D eigenvalue weighted by Crippen LogP contribution is -2.32. The van der Waals surface area contributed by atoms with Crippen LogP contribution >= 0.6 is 0 Å². The molecule has 2 amide bonds. The largest absolute Gasteiger partial charge is 0.463 e. The number of aromatic nitrogens is 3. The maximum absolute atomic E-state index is 11.1. The molecule has 0 aromatic carbocycles. The van der Waals surface area contributed by atoms with E-state index in [1.54, 1.807) is 0 Å². The maximum Gasteiger partial charge on any atom is 0.376 e. The van der Waals surface area contributed by atoms with Gasteiger partial charge in [-0.05, 0) is 0 Å². The summed E-state index contributed by atoms with van der Waals surface area (Å²) < 4.78 is 5.80. The van der Waals surface area contributed by atoms with Crippen LogP contribution < -0.4 is 11.1 Å². The Bertz CT molecular complexity index is 361. The molecule has 0 atom stereocenters. The summed E-state index contributed by atoms with van der Waals surface area (Å²) in [6.45, 7) is 0.550. The molecule has 1 aromatic heterocycles. The lowest BCUT2D eigenvalue weighted by Gasteiger charge is -2.04. The average molecular weight is 212 g/mol. The summed E-state index contributed by atoms with van der Waals surface area (Å²) in [5.74, 6) is -0.577. The molecule has 3 N–H and O–H groups in total. The van der Waals surface area contributed by atoms with Crippen LogP contribution in [-0.2, 0) is 11.3 Å². The molecule has 0 spiro atoms. The minimum absolute atomic E-state index is 0.0313. The van der Waals surface area contributed by atoms with Gasteiger partial charge in [0, 0.05) is 13.1 Å². The molecule has 15 heavy (non-hydrogen) atoms. The van der Waals surface area contributed by atoms with Crippen molar-refractivity contribution < 1.29 is 14.3 Å². The predicted molar refractivity (Wildman–Crippen MR) is 47.8 cm³/mol. The van der Waals surface area contributed by atoms with Crippen LogP contribution in [0.1, 0.15) is 10.6 Å². The second-order valence-corrected chi connectivity index (χ2v) is 2.56. The number of methoxy groups -OCH3 is 1. The van der Waals surface area contributed by atoms with Crippen LogP contribution in [0.3, 0.4) is 0 Å². The van der Waals surface area contributed by atoms with Gasteiger partial charge in [0.1, 0.15) is 0 Å². The molecule has 0 saturated carbocycles. The molecule has 0 aliphatic carbocycles. The predicted octanol–water partition coefficient (Wildman–Crippen LogP) is -1.47. The molecule has 81 valence electrons. The summed E-state index contributed by atoms with van der Waals surface area (Å²) in [6, 6.07) is -0.636. The van der Waals surface area contributed by atoms with Crippen LogP contribution in [0.15, 0.2) is 0 Å². The number of nitrogens with two attached hydrogens (primary N) is 1. The van der Waals surface area contributed by atoms with Gasteiger partial charge in [0.25, 0.3) is 0 Å². The first-order chi connectivity index (χ1) is 7.15. The van der Waals surface area contributed by atoms with Gasteiger partial charge in [0.05, 0.1) is 7.11 Å². The molecule has 1 aromatic rings. The molecule has 1 rings (SSSR count). The van der Waals surface area contributed by atoms with E-state index in [9.17, 15) is 9.59 Å². The van der Waals surface area contributed by atoms with Gasteiger partial charge in [0.15, 0.2) is 0 Å². The van der Waals surface area contributed by atoms with Gasteiger partial charge in [-0.1, -0.05) is 0 Å². The number of nitrogens with zero attached hydrogens (tertiary/aromatic N) is 3. The molecule has 1 heterocycles. The first-order valence-electron chi connectivity index (χ1n) is 4.07. The maximum atomic E-state index is 11.1. The summed E-state index contributed by atoms with van der Waals surface area (Å²) in [7, 11) is 1.24. The number of urea groups is 1. The van der Waals surface area contributed by atoms with Crippen molar-refractivity contribution in [1.29, 1.82) is 0 Å². The molecule has 0 fully saturated rings. The minimum Gasteiger partial charge on any atom is -0.463 e. The third-order valence-corrected chi connectivity index (χ3v) is 1.57. The minimum atomic E-state index is -0.636. The van der Waals surface area contributed by atoms with Crippen molar-refractivity contribution in [1.82, 2.24) is 20.1 Å². The van der Waals surface area contributed by atoms with Crippen LogP contribution in [0.5, 0.6) is 0 Å². The monoisotopic (exact) mass is 212 g/mol. The fraction of sp³-hybridized carbons (Fsp3) is 0.429. The van der Waals surface area contributed by atoms with E-state index in [0.29, 0.717) is 6.54 Å². The van der Waals surface area contributed by atoms with Crippen LogP contribution in [0.2, 0.25) is 0 Å². The van der Waals surface area contributed by atoms with E-state index in [-0.39, 0.29) is 12.4 Å². The molecule has 0 aliphatic heterocycles. The number of ether oxygens (including phenoxy) is 1. The zero-order valence-corrected chi connectivity index (χ0v) is 8.06. The number of esters is 1. The topological polar surface area (TPSA) is 112 Å². The third kappa shape index (κ3) is 2.93. The number of hydrogen-bond donors (Lipinski definition) is 2. The molecular weight excluding hydrogens is 202 g/mol.